The van der Waals surface area contributed by atoms with Gasteiger partial charge in [0, 0.05) is 11.8 Å². The largest absolute Gasteiger partial charge is 0.389 e. The highest BCUT2D eigenvalue weighted by Gasteiger charge is 2.28. The summed E-state index contributed by atoms with van der Waals surface area (Å²) in [5.41, 5.74) is 2.33. The standard InChI is InChI=1S/C9H13F3N2S/c1-2-13-7(3-4-9(10,11)12)8-5-15-6-14-8/h5-7,13H,2-4H2,1H3. The Balaban J connectivity index is 2.52. The van der Waals surface area contributed by atoms with E-state index >= 15 is 0 Å². The molecule has 1 atom stereocenters. The zero-order valence-corrected chi connectivity index (χ0v) is 9.16. The first-order valence-corrected chi connectivity index (χ1v) is 5.65. The zero-order chi connectivity index (χ0) is 11.3. The van der Waals surface area contributed by atoms with E-state index in [1.807, 2.05) is 6.92 Å². The fourth-order valence-corrected chi connectivity index (χ4v) is 1.91. The lowest BCUT2D eigenvalue weighted by atomic mass is 10.1. The van der Waals surface area contributed by atoms with Crippen molar-refractivity contribution in [1.82, 2.24) is 10.3 Å². The molecule has 0 saturated carbocycles. The number of hydrogen-bond donors (Lipinski definition) is 1. The molecule has 0 aliphatic heterocycles. The second-order valence-corrected chi connectivity index (χ2v) is 3.90. The van der Waals surface area contributed by atoms with E-state index in [0.29, 0.717) is 12.2 Å². The average Bonchev–Trinajstić information content (AvgIpc) is 2.63. The smallest absolute Gasteiger partial charge is 0.309 e. The van der Waals surface area contributed by atoms with Crippen molar-refractivity contribution in [3.05, 3.63) is 16.6 Å². The van der Waals surface area contributed by atoms with E-state index in [-0.39, 0.29) is 12.5 Å². The predicted molar refractivity (Wildman–Crippen MR) is 53.8 cm³/mol. The average molecular weight is 238 g/mol. The summed E-state index contributed by atoms with van der Waals surface area (Å²) in [7, 11) is 0. The first kappa shape index (κ1) is 12.4. The molecule has 0 fully saturated rings. The summed E-state index contributed by atoms with van der Waals surface area (Å²) in [6.45, 7) is 2.51. The van der Waals surface area contributed by atoms with Crippen molar-refractivity contribution in [2.75, 3.05) is 6.54 Å². The minimum absolute atomic E-state index is 0.0427. The predicted octanol–water partition coefficient (Wildman–Crippen LogP) is 3.14. The lowest BCUT2D eigenvalue weighted by molar-refractivity contribution is -0.136. The number of thiazole rings is 1. The third kappa shape index (κ3) is 4.61. The van der Waals surface area contributed by atoms with Crippen molar-refractivity contribution in [2.24, 2.45) is 0 Å². The van der Waals surface area contributed by atoms with Gasteiger partial charge >= 0.3 is 6.18 Å². The Morgan fingerprint density at radius 1 is 1.53 bits per heavy atom. The van der Waals surface area contributed by atoms with E-state index in [0.717, 1.165) is 0 Å². The van der Waals surface area contributed by atoms with Crippen LogP contribution in [0, 0.1) is 0 Å². The summed E-state index contributed by atoms with van der Waals surface area (Å²) in [4.78, 5) is 4.02. The second kappa shape index (κ2) is 5.46. The SMILES string of the molecule is CCNC(CCC(F)(F)F)c1cscn1. The van der Waals surface area contributed by atoms with Crippen LogP contribution in [0.5, 0.6) is 0 Å². The van der Waals surface area contributed by atoms with E-state index in [4.69, 9.17) is 0 Å². The molecular formula is C9H13F3N2S. The van der Waals surface area contributed by atoms with Crippen LogP contribution in [-0.2, 0) is 0 Å². The number of nitrogens with zero attached hydrogens (tertiary/aromatic N) is 1. The Kier molecular flexibility index (Phi) is 4.53. The quantitative estimate of drug-likeness (QED) is 0.852. The van der Waals surface area contributed by atoms with Gasteiger partial charge < -0.3 is 5.32 Å². The Bertz CT molecular complexity index is 271. The van der Waals surface area contributed by atoms with Gasteiger partial charge in [-0.2, -0.15) is 13.2 Å². The number of hydrogen-bond acceptors (Lipinski definition) is 3. The summed E-state index contributed by atoms with van der Waals surface area (Å²) >= 11 is 1.39. The number of rotatable bonds is 5. The molecule has 0 amide bonds. The van der Waals surface area contributed by atoms with Crippen LogP contribution in [-0.4, -0.2) is 17.7 Å². The number of alkyl halides is 3. The Labute approximate surface area is 90.5 Å². The van der Waals surface area contributed by atoms with Crippen LogP contribution >= 0.6 is 11.3 Å². The normalized spacial score (nSPS) is 14.1. The highest BCUT2D eigenvalue weighted by Crippen LogP contribution is 2.27. The van der Waals surface area contributed by atoms with Crippen LogP contribution in [0.25, 0.3) is 0 Å². The van der Waals surface area contributed by atoms with E-state index < -0.39 is 12.6 Å². The van der Waals surface area contributed by atoms with Crippen LogP contribution in [0.4, 0.5) is 13.2 Å². The van der Waals surface area contributed by atoms with Gasteiger partial charge in [-0.3, -0.25) is 0 Å². The van der Waals surface area contributed by atoms with E-state index in [1.165, 1.54) is 11.3 Å². The van der Waals surface area contributed by atoms with Crippen molar-refractivity contribution < 1.29 is 13.2 Å². The zero-order valence-electron chi connectivity index (χ0n) is 8.34. The van der Waals surface area contributed by atoms with Gasteiger partial charge in [0.25, 0.3) is 0 Å². The van der Waals surface area contributed by atoms with Gasteiger partial charge in [0.15, 0.2) is 0 Å². The molecule has 1 aromatic rings. The van der Waals surface area contributed by atoms with Gasteiger partial charge in [-0.25, -0.2) is 4.98 Å². The minimum Gasteiger partial charge on any atom is -0.309 e. The molecular weight excluding hydrogens is 225 g/mol. The second-order valence-electron chi connectivity index (χ2n) is 3.18. The summed E-state index contributed by atoms with van der Waals surface area (Å²) in [6.07, 6.45) is -4.83. The molecule has 0 bridgehead atoms. The summed E-state index contributed by atoms with van der Waals surface area (Å²) in [5.74, 6) is 0. The minimum atomic E-state index is -4.09. The molecule has 1 N–H and O–H groups in total. The highest BCUT2D eigenvalue weighted by atomic mass is 32.1. The molecule has 1 rings (SSSR count). The Hall–Kier alpha value is -0.620. The summed E-state index contributed by atoms with van der Waals surface area (Å²) in [5, 5.41) is 4.78. The molecule has 2 nitrogen and oxygen atoms in total. The lowest BCUT2D eigenvalue weighted by Crippen LogP contribution is -2.23. The topological polar surface area (TPSA) is 24.9 Å². The van der Waals surface area contributed by atoms with Gasteiger partial charge in [0.05, 0.1) is 17.2 Å². The summed E-state index contributed by atoms with van der Waals surface area (Å²) in [6, 6.07) is -0.289. The van der Waals surface area contributed by atoms with Crippen molar-refractivity contribution >= 4 is 11.3 Å². The molecule has 15 heavy (non-hydrogen) atoms. The lowest BCUT2D eigenvalue weighted by Gasteiger charge is -2.16. The van der Waals surface area contributed by atoms with E-state index in [9.17, 15) is 13.2 Å². The van der Waals surface area contributed by atoms with Gasteiger partial charge in [0.2, 0.25) is 0 Å². The fourth-order valence-electron chi connectivity index (χ4n) is 1.30. The van der Waals surface area contributed by atoms with Crippen molar-refractivity contribution in [2.45, 2.75) is 32.0 Å². The number of halogens is 3. The van der Waals surface area contributed by atoms with Crippen LogP contribution in [0.1, 0.15) is 31.5 Å². The van der Waals surface area contributed by atoms with Gasteiger partial charge in [-0.05, 0) is 13.0 Å². The molecule has 0 aliphatic rings. The molecule has 1 aromatic heterocycles. The molecule has 0 aromatic carbocycles. The Morgan fingerprint density at radius 3 is 2.73 bits per heavy atom. The van der Waals surface area contributed by atoms with E-state index in [1.54, 1.807) is 10.9 Å². The first-order valence-electron chi connectivity index (χ1n) is 4.71. The molecule has 6 heteroatoms. The molecule has 1 unspecified atom stereocenters. The molecule has 0 spiro atoms. The van der Waals surface area contributed by atoms with E-state index in [2.05, 4.69) is 10.3 Å². The maximum Gasteiger partial charge on any atom is 0.389 e. The van der Waals surface area contributed by atoms with Gasteiger partial charge in [-0.1, -0.05) is 6.92 Å². The fraction of sp³-hybridized carbons (Fsp3) is 0.667. The molecule has 0 aliphatic carbocycles. The third-order valence-corrected chi connectivity index (χ3v) is 2.58. The molecule has 0 saturated heterocycles. The number of aromatic nitrogens is 1. The van der Waals surface area contributed by atoms with Crippen LogP contribution in [0.15, 0.2) is 10.9 Å². The maximum atomic E-state index is 12.1. The van der Waals surface area contributed by atoms with Gasteiger partial charge in [0.1, 0.15) is 0 Å². The first-order chi connectivity index (χ1) is 7.03. The number of nitrogens with one attached hydrogen (secondary N) is 1. The maximum absolute atomic E-state index is 12.1. The summed E-state index contributed by atoms with van der Waals surface area (Å²) < 4.78 is 36.2. The van der Waals surface area contributed by atoms with Crippen LogP contribution in [0.3, 0.4) is 0 Å². The molecule has 1 heterocycles. The van der Waals surface area contributed by atoms with Crippen molar-refractivity contribution in [1.29, 1.82) is 0 Å². The highest BCUT2D eigenvalue weighted by molar-refractivity contribution is 7.07. The van der Waals surface area contributed by atoms with Crippen LogP contribution < -0.4 is 5.32 Å². The molecule has 0 radical (unpaired) electrons. The van der Waals surface area contributed by atoms with Gasteiger partial charge in [-0.15, -0.1) is 11.3 Å². The van der Waals surface area contributed by atoms with Crippen molar-refractivity contribution in [3.63, 3.8) is 0 Å². The Morgan fingerprint density at radius 2 is 2.27 bits per heavy atom. The monoisotopic (exact) mass is 238 g/mol. The van der Waals surface area contributed by atoms with Crippen LogP contribution in [0.2, 0.25) is 0 Å². The molecule has 86 valence electrons. The van der Waals surface area contributed by atoms with Crippen molar-refractivity contribution in [3.8, 4) is 0 Å². The third-order valence-electron chi connectivity index (χ3n) is 1.98.